The number of nitrogens with zero attached hydrogens (tertiary/aromatic N) is 2. The topological polar surface area (TPSA) is 31.5 Å². The number of rotatable bonds is 8. The minimum absolute atomic E-state index is 0. The lowest BCUT2D eigenvalue weighted by atomic mass is 10.1. The molecule has 36 heavy (non-hydrogen) atoms. The summed E-state index contributed by atoms with van der Waals surface area (Å²) in [5.74, 6) is -20.4. The van der Waals surface area contributed by atoms with Gasteiger partial charge in [-0.2, -0.15) is 0 Å². The molecule has 0 fully saturated rings. The molecule has 2 rings (SSSR count). The van der Waals surface area contributed by atoms with E-state index in [1.165, 1.54) is 28.2 Å². The number of halogens is 12. The van der Waals surface area contributed by atoms with Gasteiger partial charge in [0, 0.05) is 6.42 Å². The van der Waals surface area contributed by atoms with Gasteiger partial charge in [0.2, 0.25) is 11.6 Å². The Morgan fingerprint density at radius 1 is 0.417 bits per heavy atom. The molecule has 0 amide bonds. The van der Waals surface area contributed by atoms with Gasteiger partial charge >= 0.3 is 0 Å². The Morgan fingerprint density at radius 3 is 0.833 bits per heavy atom. The summed E-state index contributed by atoms with van der Waals surface area (Å²) < 4.78 is 136. The Hall–Kier alpha value is -1.42. The van der Waals surface area contributed by atoms with Crippen molar-refractivity contribution in [2.75, 3.05) is 41.3 Å². The molecule has 3 nitrogen and oxygen atoms in total. The third-order valence-corrected chi connectivity index (χ3v) is 5.30. The first kappa shape index (κ1) is 36.7. The van der Waals surface area contributed by atoms with Crippen LogP contribution < -0.4 is 34.0 Å². The molecule has 208 valence electrons. The Morgan fingerprint density at radius 2 is 0.611 bits per heavy atom. The zero-order valence-electron chi connectivity index (χ0n) is 19.5. The van der Waals surface area contributed by atoms with E-state index >= 15 is 0 Å². The molecular formula is C21H24Br2F10N2O. The van der Waals surface area contributed by atoms with Crippen molar-refractivity contribution in [2.24, 2.45) is 0 Å². The fourth-order valence-electron chi connectivity index (χ4n) is 3.52. The van der Waals surface area contributed by atoms with Crippen molar-refractivity contribution in [2.45, 2.75) is 19.5 Å². The van der Waals surface area contributed by atoms with E-state index < -0.39 is 82.4 Å². The molecule has 0 saturated carbocycles. The van der Waals surface area contributed by atoms with Gasteiger partial charge < -0.3 is 48.4 Å². The van der Waals surface area contributed by atoms with Crippen LogP contribution in [0.2, 0.25) is 0 Å². The third kappa shape index (κ3) is 7.79. The Labute approximate surface area is 222 Å². The second-order valence-corrected chi connectivity index (χ2v) is 9.09. The molecule has 0 aromatic heterocycles. The van der Waals surface area contributed by atoms with Gasteiger partial charge in [0.05, 0.1) is 52.4 Å². The Kier molecular flexibility index (Phi) is 13.7. The molecular weight excluding hydrogens is 646 g/mol. The summed E-state index contributed by atoms with van der Waals surface area (Å²) in [6.45, 7) is -0.815. The summed E-state index contributed by atoms with van der Waals surface area (Å²) in [6.07, 6.45) is 0.227. The lowest BCUT2D eigenvalue weighted by Crippen LogP contribution is -3.00. The van der Waals surface area contributed by atoms with Gasteiger partial charge in [-0.15, -0.1) is 0 Å². The van der Waals surface area contributed by atoms with Crippen molar-refractivity contribution < 1.29 is 92.3 Å². The maximum atomic E-state index is 14.0. The predicted molar refractivity (Wildman–Crippen MR) is 102 cm³/mol. The lowest BCUT2D eigenvalue weighted by Gasteiger charge is -2.34. The molecule has 0 saturated heterocycles. The second-order valence-electron chi connectivity index (χ2n) is 9.09. The predicted octanol–water partition coefficient (Wildman–Crippen LogP) is -1.50. The van der Waals surface area contributed by atoms with E-state index in [1.807, 2.05) is 0 Å². The van der Waals surface area contributed by atoms with Crippen LogP contribution in [0.3, 0.4) is 0 Å². The summed E-state index contributed by atoms with van der Waals surface area (Å²) in [5, 5.41) is 0. The third-order valence-electron chi connectivity index (χ3n) is 5.30. The standard InChI is InChI=1S/C21H22F10N2.2BrH.H2O/c1-32(2,8-10-12(22)16(26)20(30)17(27)13(10)23)6-5-7-33(3,4)9-11-14(24)18(28)21(31)19(29)15(11)25;;;/h5-9H2,1-4H3;2*1H;1H2/q+2;;;/p-2. The summed E-state index contributed by atoms with van der Waals surface area (Å²) in [6, 6.07) is 0. The highest BCUT2D eigenvalue weighted by Crippen LogP contribution is 2.27. The van der Waals surface area contributed by atoms with Crippen LogP contribution in [-0.4, -0.2) is 55.7 Å². The molecule has 0 unspecified atom stereocenters. The van der Waals surface area contributed by atoms with E-state index in [0.717, 1.165) is 0 Å². The first-order chi connectivity index (χ1) is 15.0. The van der Waals surface area contributed by atoms with Crippen LogP contribution in [0, 0.1) is 58.2 Å². The highest BCUT2D eigenvalue weighted by molar-refractivity contribution is 5.24. The molecule has 0 heterocycles. The van der Waals surface area contributed by atoms with Crippen LogP contribution >= 0.6 is 0 Å². The highest BCUT2D eigenvalue weighted by Gasteiger charge is 2.32. The second kappa shape index (κ2) is 13.4. The number of quaternary nitrogens is 2. The minimum Gasteiger partial charge on any atom is -1.00 e. The van der Waals surface area contributed by atoms with E-state index in [1.54, 1.807) is 0 Å². The molecule has 0 aliphatic heterocycles. The van der Waals surface area contributed by atoms with Gasteiger partial charge in [-0.25, -0.2) is 43.9 Å². The molecule has 0 aliphatic carbocycles. The van der Waals surface area contributed by atoms with Crippen molar-refractivity contribution in [3.8, 4) is 0 Å². The Balaban J connectivity index is 0. The van der Waals surface area contributed by atoms with Gasteiger partial charge in [0.1, 0.15) is 13.1 Å². The minimum atomic E-state index is -2.26. The first-order valence-corrected chi connectivity index (χ1v) is 9.65. The van der Waals surface area contributed by atoms with E-state index in [9.17, 15) is 43.9 Å². The summed E-state index contributed by atoms with van der Waals surface area (Å²) >= 11 is 0. The summed E-state index contributed by atoms with van der Waals surface area (Å²) in [4.78, 5) is 0. The summed E-state index contributed by atoms with van der Waals surface area (Å²) in [5.41, 5.74) is -1.96. The van der Waals surface area contributed by atoms with Crippen LogP contribution in [0.25, 0.3) is 0 Å². The van der Waals surface area contributed by atoms with Crippen LogP contribution in [0.4, 0.5) is 43.9 Å². The van der Waals surface area contributed by atoms with Crippen molar-refractivity contribution in [1.82, 2.24) is 0 Å². The molecule has 15 heteroatoms. The van der Waals surface area contributed by atoms with Gasteiger partial charge in [-0.1, -0.05) is 0 Å². The number of hydrogen-bond donors (Lipinski definition) is 0. The van der Waals surface area contributed by atoms with Crippen molar-refractivity contribution in [3.63, 3.8) is 0 Å². The van der Waals surface area contributed by atoms with Crippen LogP contribution in [-0.2, 0) is 13.1 Å². The van der Waals surface area contributed by atoms with E-state index in [4.69, 9.17) is 0 Å². The average molecular weight is 670 g/mol. The van der Waals surface area contributed by atoms with E-state index in [-0.39, 0.29) is 67.9 Å². The SMILES string of the molecule is C[N+](C)(CCC[N+](C)(C)Cc1c(F)c(F)c(F)c(F)c1F)Cc1c(F)c(F)c(F)c(F)c1F.O.[Br-].[Br-]. The van der Waals surface area contributed by atoms with Crippen LogP contribution in [0.1, 0.15) is 17.5 Å². The maximum absolute atomic E-state index is 14.0. The number of benzene rings is 2. The smallest absolute Gasteiger partial charge is 0.200 e. The fourth-order valence-corrected chi connectivity index (χ4v) is 3.52. The zero-order valence-corrected chi connectivity index (χ0v) is 22.6. The van der Waals surface area contributed by atoms with E-state index in [2.05, 4.69) is 0 Å². The normalized spacial score (nSPS) is 11.5. The lowest BCUT2D eigenvalue weighted by molar-refractivity contribution is -0.922. The molecule has 2 aromatic carbocycles. The van der Waals surface area contributed by atoms with Crippen molar-refractivity contribution in [1.29, 1.82) is 0 Å². The molecule has 2 aromatic rings. The van der Waals surface area contributed by atoms with Gasteiger partial charge in [0.25, 0.3) is 0 Å². The maximum Gasteiger partial charge on any atom is 0.200 e. The summed E-state index contributed by atoms with van der Waals surface area (Å²) in [7, 11) is 5.90. The fraction of sp³-hybridized carbons (Fsp3) is 0.429. The molecule has 0 atom stereocenters. The number of hydrogen-bond acceptors (Lipinski definition) is 0. The van der Waals surface area contributed by atoms with Crippen LogP contribution in [0.5, 0.6) is 0 Å². The van der Waals surface area contributed by atoms with Gasteiger partial charge in [-0.05, 0) is 0 Å². The highest BCUT2D eigenvalue weighted by atomic mass is 79.9. The van der Waals surface area contributed by atoms with Crippen LogP contribution in [0.15, 0.2) is 0 Å². The molecule has 0 radical (unpaired) electrons. The Bertz CT molecular complexity index is 942. The molecule has 2 N–H and O–H groups in total. The molecule has 0 spiro atoms. The van der Waals surface area contributed by atoms with E-state index in [0.29, 0.717) is 0 Å². The zero-order chi connectivity index (χ0) is 25.5. The van der Waals surface area contributed by atoms with Gasteiger partial charge in [-0.3, -0.25) is 0 Å². The van der Waals surface area contributed by atoms with Crippen molar-refractivity contribution in [3.05, 3.63) is 69.3 Å². The first-order valence-electron chi connectivity index (χ1n) is 9.65. The quantitative estimate of drug-likeness (QED) is 0.142. The van der Waals surface area contributed by atoms with Crippen molar-refractivity contribution >= 4 is 0 Å². The molecule has 0 aliphatic rings. The molecule has 0 bridgehead atoms. The van der Waals surface area contributed by atoms with Gasteiger partial charge in [0.15, 0.2) is 46.5 Å². The monoisotopic (exact) mass is 668 g/mol. The largest absolute Gasteiger partial charge is 1.00 e. The average Bonchev–Trinajstić information content (AvgIpc) is 2.74.